The van der Waals surface area contributed by atoms with Crippen LogP contribution < -0.4 is 10.3 Å². The predicted molar refractivity (Wildman–Crippen MR) is 105 cm³/mol. The van der Waals surface area contributed by atoms with Crippen LogP contribution in [-0.4, -0.2) is 45.8 Å². The molecule has 0 amide bonds. The van der Waals surface area contributed by atoms with Crippen molar-refractivity contribution in [3.63, 3.8) is 0 Å². The van der Waals surface area contributed by atoms with Gasteiger partial charge in [-0.3, -0.25) is 9.36 Å². The second-order valence-electron chi connectivity index (χ2n) is 5.69. The van der Waals surface area contributed by atoms with Gasteiger partial charge < -0.3 is 14.6 Å². The number of benzene rings is 1. The molecule has 2 rings (SSSR count). The van der Waals surface area contributed by atoms with Crippen molar-refractivity contribution in [3.05, 3.63) is 57.8 Å². The van der Waals surface area contributed by atoms with E-state index in [1.165, 1.54) is 4.57 Å². The Kier molecular flexibility index (Phi) is 8.35. The van der Waals surface area contributed by atoms with E-state index >= 15 is 0 Å². The Morgan fingerprint density at radius 2 is 2.00 bits per heavy atom. The number of nitrogens with zero attached hydrogens (tertiary/aromatic N) is 2. The first-order valence-corrected chi connectivity index (χ1v) is 10.1. The summed E-state index contributed by atoms with van der Waals surface area (Å²) in [4.78, 5) is 28.6. The highest BCUT2D eigenvalue weighted by atomic mass is 32.2. The monoisotopic (exact) mass is 392 g/mol. The number of thioether (sulfide) groups is 1. The molecule has 1 heterocycles. The Morgan fingerprint density at radius 3 is 2.63 bits per heavy atom. The molecule has 146 valence electrons. The van der Waals surface area contributed by atoms with E-state index in [0.717, 1.165) is 11.3 Å². The quantitative estimate of drug-likeness (QED) is 0.588. The Morgan fingerprint density at radius 1 is 1.26 bits per heavy atom. The molecule has 0 bridgehead atoms. The maximum atomic E-state index is 12.8. The van der Waals surface area contributed by atoms with Crippen LogP contribution in [0.1, 0.15) is 28.8 Å². The summed E-state index contributed by atoms with van der Waals surface area (Å²) in [6.07, 6.45) is 2.35. The summed E-state index contributed by atoms with van der Waals surface area (Å²) in [5.74, 6) is -0.264. The highest BCUT2D eigenvalue weighted by Crippen LogP contribution is 2.15. The molecule has 1 aromatic carbocycles. The Labute approximate surface area is 162 Å². The topological polar surface area (TPSA) is 90.7 Å². The number of carboxylic acids is 1. The van der Waals surface area contributed by atoms with Crippen LogP contribution in [0.2, 0.25) is 0 Å². The van der Waals surface area contributed by atoms with E-state index < -0.39 is 11.5 Å². The first kappa shape index (κ1) is 21.0. The zero-order valence-electron chi connectivity index (χ0n) is 15.5. The van der Waals surface area contributed by atoms with E-state index in [1.807, 2.05) is 43.5 Å². The minimum Gasteiger partial charge on any atom is -0.481 e. The van der Waals surface area contributed by atoms with Crippen molar-refractivity contribution in [1.29, 1.82) is 0 Å². The van der Waals surface area contributed by atoms with Crippen molar-refractivity contribution >= 4 is 17.7 Å². The van der Waals surface area contributed by atoms with Gasteiger partial charge in [0.05, 0.1) is 13.2 Å². The minimum absolute atomic E-state index is 0.0961. The minimum atomic E-state index is -1.29. The van der Waals surface area contributed by atoms with Crippen LogP contribution in [0.5, 0.6) is 5.75 Å². The number of hydrogen-bond donors (Lipinski definition) is 1. The standard InChI is InChI=1S/C19H24N2O5S/c1-3-21-15(9-10-25-11-12-27-2)20-16(19(23)24)17(18(21)22)26-13-14-7-5-4-6-8-14/h4-8H,3,9-13H2,1-2H3,(H,23,24). The summed E-state index contributed by atoms with van der Waals surface area (Å²) in [6.45, 7) is 3.24. The fourth-order valence-corrected chi connectivity index (χ4v) is 2.80. The largest absolute Gasteiger partial charge is 0.481 e. The van der Waals surface area contributed by atoms with Crippen LogP contribution in [0.4, 0.5) is 0 Å². The molecule has 0 aliphatic rings. The van der Waals surface area contributed by atoms with Crippen LogP contribution in [0, 0.1) is 0 Å². The zero-order chi connectivity index (χ0) is 19.6. The molecular formula is C19H24N2O5S. The van der Waals surface area contributed by atoms with Gasteiger partial charge >= 0.3 is 5.97 Å². The lowest BCUT2D eigenvalue weighted by atomic mass is 10.2. The van der Waals surface area contributed by atoms with Gasteiger partial charge in [0.25, 0.3) is 5.56 Å². The molecule has 2 aromatic rings. The maximum Gasteiger partial charge on any atom is 0.358 e. The first-order valence-electron chi connectivity index (χ1n) is 8.68. The number of aromatic carboxylic acids is 1. The molecule has 0 radical (unpaired) electrons. The van der Waals surface area contributed by atoms with E-state index in [4.69, 9.17) is 9.47 Å². The van der Waals surface area contributed by atoms with E-state index in [2.05, 4.69) is 4.98 Å². The molecular weight excluding hydrogens is 368 g/mol. The Hall–Kier alpha value is -2.32. The van der Waals surface area contributed by atoms with Crippen LogP contribution >= 0.6 is 11.8 Å². The van der Waals surface area contributed by atoms with Gasteiger partial charge in [-0.1, -0.05) is 30.3 Å². The van der Waals surface area contributed by atoms with Gasteiger partial charge in [0.2, 0.25) is 5.75 Å². The predicted octanol–water partition coefficient (Wildman–Crippen LogP) is 2.46. The highest BCUT2D eigenvalue weighted by Gasteiger charge is 2.22. The van der Waals surface area contributed by atoms with Crippen LogP contribution in [-0.2, 0) is 24.3 Å². The lowest BCUT2D eigenvalue weighted by Gasteiger charge is -2.15. The van der Waals surface area contributed by atoms with Crippen molar-refractivity contribution in [2.45, 2.75) is 26.5 Å². The Balaban J connectivity index is 2.25. The van der Waals surface area contributed by atoms with Gasteiger partial charge in [-0.15, -0.1) is 0 Å². The SMILES string of the molecule is CCn1c(CCOCCSC)nc(C(=O)O)c(OCc2ccccc2)c1=O. The summed E-state index contributed by atoms with van der Waals surface area (Å²) < 4.78 is 12.5. The highest BCUT2D eigenvalue weighted by molar-refractivity contribution is 7.98. The first-order chi connectivity index (χ1) is 13.1. The van der Waals surface area contributed by atoms with Crippen molar-refractivity contribution < 1.29 is 19.4 Å². The molecule has 0 aliphatic heterocycles. The second-order valence-corrected chi connectivity index (χ2v) is 6.68. The number of rotatable bonds is 11. The summed E-state index contributed by atoms with van der Waals surface area (Å²) in [5.41, 5.74) is -0.0118. The smallest absolute Gasteiger partial charge is 0.358 e. The normalized spacial score (nSPS) is 10.7. The van der Waals surface area contributed by atoms with Crippen molar-refractivity contribution in [2.24, 2.45) is 0 Å². The summed E-state index contributed by atoms with van der Waals surface area (Å²) in [5, 5.41) is 9.49. The molecule has 0 aliphatic carbocycles. The zero-order valence-corrected chi connectivity index (χ0v) is 16.3. The van der Waals surface area contributed by atoms with Gasteiger partial charge in [-0.05, 0) is 18.7 Å². The van der Waals surface area contributed by atoms with Gasteiger partial charge in [0, 0.05) is 18.7 Å². The van der Waals surface area contributed by atoms with Gasteiger partial charge in [-0.2, -0.15) is 11.8 Å². The summed E-state index contributed by atoms with van der Waals surface area (Å²) in [7, 11) is 0. The third-order valence-corrected chi connectivity index (χ3v) is 4.43. The molecule has 1 aromatic heterocycles. The van der Waals surface area contributed by atoms with Crippen molar-refractivity contribution in [2.75, 3.05) is 25.2 Å². The van der Waals surface area contributed by atoms with E-state index in [-0.39, 0.29) is 18.1 Å². The molecule has 27 heavy (non-hydrogen) atoms. The average Bonchev–Trinajstić information content (AvgIpc) is 2.67. The third kappa shape index (κ3) is 5.83. The lowest BCUT2D eigenvalue weighted by molar-refractivity contribution is 0.0682. The van der Waals surface area contributed by atoms with Crippen molar-refractivity contribution in [3.8, 4) is 5.75 Å². The van der Waals surface area contributed by atoms with Gasteiger partial charge in [0.15, 0.2) is 5.69 Å². The number of carboxylic acid groups (broad SMARTS) is 1. The van der Waals surface area contributed by atoms with E-state index in [0.29, 0.717) is 32.0 Å². The molecule has 1 N–H and O–H groups in total. The lowest BCUT2D eigenvalue weighted by Crippen LogP contribution is -2.29. The number of aromatic nitrogens is 2. The third-order valence-electron chi connectivity index (χ3n) is 3.85. The van der Waals surface area contributed by atoms with Gasteiger partial charge in [0.1, 0.15) is 12.4 Å². The molecule has 0 fully saturated rings. The fraction of sp³-hybridized carbons (Fsp3) is 0.421. The molecule has 0 unspecified atom stereocenters. The molecule has 8 heteroatoms. The van der Waals surface area contributed by atoms with Crippen LogP contribution in [0.15, 0.2) is 35.1 Å². The molecule has 0 spiro atoms. The molecule has 0 saturated carbocycles. The number of hydrogen-bond acceptors (Lipinski definition) is 6. The average molecular weight is 392 g/mol. The Bertz CT molecular complexity index is 808. The summed E-state index contributed by atoms with van der Waals surface area (Å²) in [6, 6.07) is 9.24. The van der Waals surface area contributed by atoms with Gasteiger partial charge in [-0.25, -0.2) is 9.78 Å². The van der Waals surface area contributed by atoms with E-state index in [9.17, 15) is 14.7 Å². The molecule has 0 saturated heterocycles. The van der Waals surface area contributed by atoms with Crippen LogP contribution in [0.25, 0.3) is 0 Å². The summed E-state index contributed by atoms with van der Waals surface area (Å²) >= 11 is 1.68. The van der Waals surface area contributed by atoms with E-state index in [1.54, 1.807) is 11.8 Å². The van der Waals surface area contributed by atoms with Crippen LogP contribution in [0.3, 0.4) is 0 Å². The fourth-order valence-electron chi connectivity index (χ4n) is 2.51. The number of carbonyl (C=O) groups is 1. The number of ether oxygens (including phenoxy) is 2. The maximum absolute atomic E-state index is 12.8. The molecule has 0 atom stereocenters. The molecule has 7 nitrogen and oxygen atoms in total. The van der Waals surface area contributed by atoms with Crippen molar-refractivity contribution in [1.82, 2.24) is 9.55 Å². The second kappa shape index (κ2) is 10.7.